The highest BCUT2D eigenvalue weighted by Crippen LogP contribution is 2.33. The first-order valence-electron chi connectivity index (χ1n) is 7.59. The van der Waals surface area contributed by atoms with E-state index in [1.54, 1.807) is 36.4 Å². The second kappa shape index (κ2) is 6.59. The smallest absolute Gasteiger partial charge is 0.478 e. The van der Waals surface area contributed by atoms with Crippen LogP contribution in [0.3, 0.4) is 0 Å². The maximum Gasteiger partial charge on any atom is 0.478 e. The van der Waals surface area contributed by atoms with Crippen molar-refractivity contribution in [1.29, 1.82) is 0 Å². The fourth-order valence-corrected chi connectivity index (χ4v) is 2.63. The van der Waals surface area contributed by atoms with E-state index in [1.807, 2.05) is 0 Å². The maximum absolute atomic E-state index is 13.0. The largest absolute Gasteiger partial charge is 0.618 e. The normalized spacial score (nSPS) is 11.4. The zero-order chi connectivity index (χ0) is 18.9. The Kier molecular flexibility index (Phi) is 4.46. The van der Waals surface area contributed by atoms with Crippen molar-refractivity contribution in [2.45, 2.75) is 6.18 Å². The Morgan fingerprint density at radius 1 is 0.923 bits per heavy atom. The lowest BCUT2D eigenvalue weighted by Gasteiger charge is -2.12. The Hall–Kier alpha value is -3.22. The van der Waals surface area contributed by atoms with Gasteiger partial charge in [-0.25, -0.2) is 0 Å². The van der Waals surface area contributed by atoms with Crippen molar-refractivity contribution in [3.8, 4) is 33.9 Å². The van der Waals surface area contributed by atoms with Gasteiger partial charge in [0, 0.05) is 17.7 Å². The van der Waals surface area contributed by atoms with Crippen LogP contribution in [0, 0.1) is 5.21 Å². The number of hydrogen-bond acceptors (Lipinski definition) is 3. The van der Waals surface area contributed by atoms with E-state index in [4.69, 9.17) is 4.74 Å². The van der Waals surface area contributed by atoms with E-state index >= 15 is 0 Å². The number of alkyl halides is 3. The molecule has 0 aliphatic carbocycles. The number of hydrogen-bond donors (Lipinski definition) is 1. The molecule has 3 aromatic rings. The first kappa shape index (κ1) is 17.6. The van der Waals surface area contributed by atoms with Crippen molar-refractivity contribution in [3.63, 3.8) is 0 Å². The summed E-state index contributed by atoms with van der Waals surface area (Å²) in [5, 5.41) is 21.8. The molecule has 1 aromatic heterocycles. The van der Waals surface area contributed by atoms with Crippen molar-refractivity contribution >= 4 is 0 Å². The summed E-state index contributed by atoms with van der Waals surface area (Å²) in [7, 11) is 1.41. The molecule has 2 aromatic carbocycles. The van der Waals surface area contributed by atoms with Crippen LogP contribution in [-0.2, 0) is 6.18 Å². The standard InChI is InChI=1S/C19H14F3NO3/c1-26-17-11-13(8-9-16(17)24)12-4-2-5-14(10-12)15-6-3-7-18(23(15)25)19(20,21)22/h2-11,24H,1H3. The summed E-state index contributed by atoms with van der Waals surface area (Å²) >= 11 is 0. The molecular formula is C19H14F3NO3. The van der Waals surface area contributed by atoms with Gasteiger partial charge in [-0.3, -0.25) is 0 Å². The Labute approximate surface area is 147 Å². The molecule has 0 fully saturated rings. The average molecular weight is 361 g/mol. The summed E-state index contributed by atoms with van der Waals surface area (Å²) in [5.41, 5.74) is 0.318. The number of ether oxygens (including phenoxy) is 1. The number of rotatable bonds is 3. The molecule has 4 nitrogen and oxygen atoms in total. The molecule has 1 heterocycles. The number of halogens is 3. The van der Waals surface area contributed by atoms with E-state index in [0.29, 0.717) is 16.7 Å². The van der Waals surface area contributed by atoms with Crippen LogP contribution in [0.15, 0.2) is 60.7 Å². The highest BCUT2D eigenvalue weighted by molar-refractivity contribution is 5.72. The number of aromatic hydroxyl groups is 1. The summed E-state index contributed by atoms with van der Waals surface area (Å²) in [6.45, 7) is 0. The van der Waals surface area contributed by atoms with Crippen LogP contribution in [0.5, 0.6) is 11.5 Å². The number of benzene rings is 2. The van der Waals surface area contributed by atoms with E-state index in [-0.39, 0.29) is 21.9 Å². The van der Waals surface area contributed by atoms with Gasteiger partial charge in [-0.1, -0.05) is 18.2 Å². The monoisotopic (exact) mass is 361 g/mol. The lowest BCUT2D eigenvalue weighted by atomic mass is 10.0. The van der Waals surface area contributed by atoms with Gasteiger partial charge in [-0.15, -0.1) is 0 Å². The third-order valence-electron chi connectivity index (χ3n) is 3.91. The van der Waals surface area contributed by atoms with Crippen LogP contribution in [0.2, 0.25) is 0 Å². The molecule has 0 atom stereocenters. The summed E-state index contributed by atoms with van der Waals surface area (Å²) in [4.78, 5) is 0. The fraction of sp³-hybridized carbons (Fsp3) is 0.105. The molecule has 134 valence electrons. The number of methoxy groups -OCH3 is 1. The minimum atomic E-state index is -4.74. The molecule has 0 amide bonds. The molecule has 0 radical (unpaired) electrons. The molecule has 0 saturated carbocycles. The molecule has 0 saturated heterocycles. The first-order valence-corrected chi connectivity index (χ1v) is 7.59. The van der Waals surface area contributed by atoms with E-state index in [1.165, 1.54) is 25.3 Å². The molecule has 0 aliphatic heterocycles. The predicted octanol–water partition coefficient (Wildman–Crippen LogP) is 4.39. The van der Waals surface area contributed by atoms with Gasteiger partial charge in [0.25, 0.3) is 5.69 Å². The Morgan fingerprint density at radius 3 is 2.27 bits per heavy atom. The lowest BCUT2D eigenvalue weighted by Crippen LogP contribution is -2.38. The third-order valence-corrected chi connectivity index (χ3v) is 3.91. The van der Waals surface area contributed by atoms with Crippen LogP contribution in [-0.4, -0.2) is 12.2 Å². The Morgan fingerprint density at radius 2 is 1.58 bits per heavy atom. The molecule has 3 rings (SSSR count). The second-order valence-corrected chi connectivity index (χ2v) is 5.56. The summed E-state index contributed by atoms with van der Waals surface area (Å²) in [5.74, 6) is 0.244. The predicted molar refractivity (Wildman–Crippen MR) is 89.5 cm³/mol. The van der Waals surface area contributed by atoms with Crippen LogP contribution in [0.25, 0.3) is 22.4 Å². The highest BCUT2D eigenvalue weighted by atomic mass is 19.4. The van der Waals surface area contributed by atoms with Crippen molar-refractivity contribution in [2.24, 2.45) is 0 Å². The minimum Gasteiger partial charge on any atom is -0.618 e. The average Bonchev–Trinajstić information content (AvgIpc) is 2.61. The first-order chi connectivity index (χ1) is 12.3. The Bertz CT molecular complexity index is 955. The molecule has 7 heteroatoms. The number of phenols is 1. The van der Waals surface area contributed by atoms with E-state index in [9.17, 15) is 23.5 Å². The SMILES string of the molecule is COc1cc(-c2cccc(-c3cccc(C(F)(F)F)[n+]3[O-])c2)ccc1O. The zero-order valence-corrected chi connectivity index (χ0v) is 13.6. The maximum atomic E-state index is 13.0. The minimum absolute atomic E-state index is 0.0253. The van der Waals surface area contributed by atoms with Gasteiger partial charge in [0.2, 0.25) is 5.69 Å². The van der Waals surface area contributed by atoms with Gasteiger partial charge in [0.05, 0.1) is 7.11 Å². The van der Waals surface area contributed by atoms with E-state index < -0.39 is 11.9 Å². The lowest BCUT2D eigenvalue weighted by molar-refractivity contribution is -0.618. The van der Waals surface area contributed by atoms with Crippen LogP contribution < -0.4 is 9.47 Å². The number of aromatic nitrogens is 1. The van der Waals surface area contributed by atoms with E-state index in [0.717, 1.165) is 6.07 Å². The van der Waals surface area contributed by atoms with Crippen LogP contribution >= 0.6 is 0 Å². The zero-order valence-electron chi connectivity index (χ0n) is 13.6. The molecule has 0 bridgehead atoms. The highest BCUT2D eigenvalue weighted by Gasteiger charge is 2.40. The molecule has 0 aliphatic rings. The van der Waals surface area contributed by atoms with Gasteiger partial charge in [0.1, 0.15) is 0 Å². The summed E-state index contributed by atoms with van der Waals surface area (Å²) in [6.07, 6.45) is -4.74. The van der Waals surface area contributed by atoms with Crippen molar-refractivity contribution in [1.82, 2.24) is 0 Å². The number of phenolic OH excluding ortho intramolecular Hbond substituents is 1. The van der Waals surface area contributed by atoms with Crippen molar-refractivity contribution in [2.75, 3.05) is 7.11 Å². The topological polar surface area (TPSA) is 56.4 Å². The molecule has 0 unspecified atom stereocenters. The number of pyridine rings is 1. The van der Waals surface area contributed by atoms with Gasteiger partial charge in [0.15, 0.2) is 11.5 Å². The third kappa shape index (κ3) is 3.28. The summed E-state index contributed by atoms with van der Waals surface area (Å²) < 4.78 is 43.8. The fourth-order valence-electron chi connectivity index (χ4n) is 2.63. The van der Waals surface area contributed by atoms with Gasteiger partial charge >= 0.3 is 6.18 Å². The Balaban J connectivity index is 2.09. The van der Waals surface area contributed by atoms with Crippen LogP contribution in [0.1, 0.15) is 5.69 Å². The van der Waals surface area contributed by atoms with Crippen molar-refractivity contribution < 1.29 is 27.7 Å². The molecule has 1 N–H and O–H groups in total. The summed E-state index contributed by atoms with van der Waals surface area (Å²) in [6, 6.07) is 14.5. The quantitative estimate of drug-likeness (QED) is 0.556. The molecule has 0 spiro atoms. The van der Waals surface area contributed by atoms with Gasteiger partial charge < -0.3 is 15.1 Å². The van der Waals surface area contributed by atoms with Crippen LogP contribution in [0.4, 0.5) is 13.2 Å². The second-order valence-electron chi connectivity index (χ2n) is 5.56. The van der Waals surface area contributed by atoms with Gasteiger partial charge in [-0.2, -0.15) is 17.9 Å². The molecule has 26 heavy (non-hydrogen) atoms. The van der Waals surface area contributed by atoms with E-state index in [2.05, 4.69) is 0 Å². The molecular weight excluding hydrogens is 347 g/mol. The van der Waals surface area contributed by atoms with Gasteiger partial charge in [-0.05, 0) is 41.5 Å². The number of nitrogens with zero attached hydrogens (tertiary/aromatic N) is 1. The van der Waals surface area contributed by atoms with Crippen molar-refractivity contribution in [3.05, 3.63) is 71.6 Å².